The second-order valence-corrected chi connectivity index (χ2v) is 3.17. The fraction of sp³-hybridized carbons (Fsp3) is 0.100. The van der Waals surface area contributed by atoms with Crippen LogP contribution in [0.5, 0.6) is 0 Å². The molecule has 0 saturated carbocycles. The first-order valence-electron chi connectivity index (χ1n) is 4.35. The van der Waals surface area contributed by atoms with Gasteiger partial charge in [-0.05, 0) is 17.7 Å². The lowest BCUT2D eigenvalue weighted by molar-refractivity contribution is -0.131. The molecule has 2 N–H and O–H groups in total. The van der Waals surface area contributed by atoms with Gasteiger partial charge in [0, 0.05) is 17.8 Å². The van der Waals surface area contributed by atoms with E-state index in [0.29, 0.717) is 17.8 Å². The molecular weight excluding hydrogens is 196 g/mol. The first-order valence-corrected chi connectivity index (χ1v) is 4.35. The molecule has 0 saturated heterocycles. The maximum absolute atomic E-state index is 11.0. The maximum Gasteiger partial charge on any atom is 0.328 e. The van der Waals surface area contributed by atoms with Crippen molar-refractivity contribution >= 4 is 23.8 Å². The molecule has 0 atom stereocenters. The zero-order chi connectivity index (χ0) is 10.8. The molecule has 1 amide bonds. The minimum absolute atomic E-state index is 0.0862. The SMILES string of the molecule is O=C(O)/C=C/c1cnc2c(c1)CC(=O)N2. The summed E-state index contributed by atoms with van der Waals surface area (Å²) in [5.74, 6) is -0.533. The number of fused-ring (bicyclic) bond motifs is 1. The van der Waals surface area contributed by atoms with Crippen molar-refractivity contribution < 1.29 is 14.7 Å². The van der Waals surface area contributed by atoms with Crippen molar-refractivity contribution in [1.82, 2.24) is 4.98 Å². The van der Waals surface area contributed by atoms with Gasteiger partial charge in [0.2, 0.25) is 5.91 Å². The Labute approximate surface area is 85.4 Å². The van der Waals surface area contributed by atoms with Gasteiger partial charge in [-0.2, -0.15) is 0 Å². The van der Waals surface area contributed by atoms with Gasteiger partial charge in [-0.1, -0.05) is 0 Å². The zero-order valence-electron chi connectivity index (χ0n) is 7.73. The third-order valence-corrected chi connectivity index (χ3v) is 2.01. The van der Waals surface area contributed by atoms with Crippen LogP contribution in [0.25, 0.3) is 6.08 Å². The van der Waals surface area contributed by atoms with Crippen molar-refractivity contribution in [2.24, 2.45) is 0 Å². The van der Waals surface area contributed by atoms with E-state index in [9.17, 15) is 9.59 Å². The van der Waals surface area contributed by atoms with E-state index in [1.54, 1.807) is 6.07 Å². The summed E-state index contributed by atoms with van der Waals surface area (Å²) >= 11 is 0. The van der Waals surface area contributed by atoms with Crippen LogP contribution in [0.2, 0.25) is 0 Å². The maximum atomic E-state index is 11.0. The van der Waals surface area contributed by atoms with Crippen LogP contribution in [-0.2, 0) is 16.0 Å². The lowest BCUT2D eigenvalue weighted by Crippen LogP contribution is -2.04. The molecule has 0 fully saturated rings. The van der Waals surface area contributed by atoms with Crippen molar-refractivity contribution in [3.8, 4) is 0 Å². The van der Waals surface area contributed by atoms with Crippen LogP contribution < -0.4 is 5.32 Å². The first kappa shape index (κ1) is 9.39. The fourth-order valence-electron chi connectivity index (χ4n) is 1.38. The predicted molar refractivity (Wildman–Crippen MR) is 53.2 cm³/mol. The smallest absolute Gasteiger partial charge is 0.328 e. The summed E-state index contributed by atoms with van der Waals surface area (Å²) in [6, 6.07) is 1.75. The standard InChI is InChI=1S/C10H8N2O3/c13-8-4-7-3-6(1-2-9(14)15)5-11-10(7)12-8/h1-3,5H,4H2,(H,14,15)(H,11,12,13)/b2-1+. The molecule has 15 heavy (non-hydrogen) atoms. The van der Waals surface area contributed by atoms with Crippen LogP contribution >= 0.6 is 0 Å². The molecule has 0 unspecified atom stereocenters. The second kappa shape index (κ2) is 3.53. The van der Waals surface area contributed by atoms with Crippen LogP contribution in [-0.4, -0.2) is 22.0 Å². The number of carbonyl (C=O) groups is 2. The van der Waals surface area contributed by atoms with Crippen molar-refractivity contribution in [2.75, 3.05) is 5.32 Å². The van der Waals surface area contributed by atoms with E-state index in [0.717, 1.165) is 11.6 Å². The number of rotatable bonds is 2. The first-order chi connectivity index (χ1) is 7.15. The number of pyridine rings is 1. The Hall–Kier alpha value is -2.17. The third-order valence-electron chi connectivity index (χ3n) is 2.01. The topological polar surface area (TPSA) is 79.3 Å². The number of nitrogens with one attached hydrogen (secondary N) is 1. The van der Waals surface area contributed by atoms with Crippen molar-refractivity contribution in [3.63, 3.8) is 0 Å². The molecule has 1 aliphatic rings. The molecule has 0 radical (unpaired) electrons. The highest BCUT2D eigenvalue weighted by Crippen LogP contribution is 2.21. The number of anilines is 1. The van der Waals surface area contributed by atoms with Gasteiger partial charge in [0.1, 0.15) is 5.82 Å². The Bertz CT molecular complexity index is 466. The zero-order valence-corrected chi connectivity index (χ0v) is 7.73. The van der Waals surface area contributed by atoms with Gasteiger partial charge in [-0.15, -0.1) is 0 Å². The number of hydrogen-bond acceptors (Lipinski definition) is 3. The van der Waals surface area contributed by atoms with E-state index in [4.69, 9.17) is 5.11 Å². The molecule has 0 aromatic carbocycles. The van der Waals surface area contributed by atoms with E-state index < -0.39 is 5.97 Å². The van der Waals surface area contributed by atoms with Gasteiger partial charge in [-0.3, -0.25) is 4.79 Å². The molecule has 5 heteroatoms. The number of amides is 1. The summed E-state index contributed by atoms with van der Waals surface area (Å²) in [7, 11) is 0. The molecule has 0 aliphatic carbocycles. The van der Waals surface area contributed by atoms with E-state index >= 15 is 0 Å². The van der Waals surface area contributed by atoms with Gasteiger partial charge < -0.3 is 10.4 Å². The number of nitrogens with zero attached hydrogens (tertiary/aromatic N) is 1. The number of carbonyl (C=O) groups excluding carboxylic acids is 1. The van der Waals surface area contributed by atoms with Crippen LogP contribution in [0.4, 0.5) is 5.82 Å². The summed E-state index contributed by atoms with van der Waals surface area (Å²) in [5.41, 5.74) is 1.47. The lowest BCUT2D eigenvalue weighted by atomic mass is 10.1. The van der Waals surface area contributed by atoms with Gasteiger partial charge >= 0.3 is 5.97 Å². The Balaban J connectivity index is 2.27. The van der Waals surface area contributed by atoms with Crippen molar-refractivity contribution in [2.45, 2.75) is 6.42 Å². The highest BCUT2D eigenvalue weighted by Gasteiger charge is 2.18. The van der Waals surface area contributed by atoms with Crippen molar-refractivity contribution in [3.05, 3.63) is 29.5 Å². The minimum Gasteiger partial charge on any atom is -0.478 e. The van der Waals surface area contributed by atoms with E-state index in [1.165, 1.54) is 12.3 Å². The average Bonchev–Trinajstić information content (AvgIpc) is 2.53. The number of aliphatic carboxylic acids is 1. The van der Waals surface area contributed by atoms with E-state index in [1.807, 2.05) is 0 Å². The van der Waals surface area contributed by atoms with Gasteiger partial charge in [0.15, 0.2) is 0 Å². The molecule has 2 rings (SSSR count). The van der Waals surface area contributed by atoms with Crippen LogP contribution in [0.1, 0.15) is 11.1 Å². The van der Waals surface area contributed by atoms with Gasteiger partial charge in [0.05, 0.1) is 6.42 Å². The third kappa shape index (κ3) is 2.01. The molecule has 76 valence electrons. The highest BCUT2D eigenvalue weighted by atomic mass is 16.4. The minimum atomic E-state index is -1.01. The monoisotopic (exact) mass is 204 g/mol. The molecule has 1 aliphatic heterocycles. The molecule has 1 aromatic heterocycles. The van der Waals surface area contributed by atoms with Crippen LogP contribution in [0.15, 0.2) is 18.3 Å². The molecule has 0 spiro atoms. The van der Waals surface area contributed by atoms with Gasteiger partial charge in [-0.25, -0.2) is 9.78 Å². The second-order valence-electron chi connectivity index (χ2n) is 3.17. The number of aromatic nitrogens is 1. The predicted octanol–water partition coefficient (Wildman–Crippen LogP) is 0.674. The number of hydrogen-bond donors (Lipinski definition) is 2. The summed E-state index contributed by atoms with van der Waals surface area (Å²) in [5, 5.41) is 11.0. The highest BCUT2D eigenvalue weighted by molar-refractivity contribution is 5.98. The van der Waals surface area contributed by atoms with Crippen LogP contribution in [0.3, 0.4) is 0 Å². The molecule has 0 bridgehead atoms. The summed E-state index contributed by atoms with van der Waals surface area (Å²) in [6.07, 6.45) is 4.30. The quantitative estimate of drug-likeness (QED) is 0.694. The average molecular weight is 204 g/mol. The van der Waals surface area contributed by atoms with Crippen LogP contribution in [0, 0.1) is 0 Å². The van der Waals surface area contributed by atoms with Gasteiger partial charge in [0.25, 0.3) is 0 Å². The molecule has 5 nitrogen and oxygen atoms in total. The number of carboxylic acids is 1. The normalized spacial score (nSPS) is 14.0. The van der Waals surface area contributed by atoms with E-state index in [-0.39, 0.29) is 5.91 Å². The Morgan fingerprint density at radius 3 is 3.13 bits per heavy atom. The Morgan fingerprint density at radius 2 is 2.40 bits per heavy atom. The molecule has 1 aromatic rings. The Morgan fingerprint density at radius 1 is 1.60 bits per heavy atom. The number of carboxylic acid groups (broad SMARTS) is 1. The summed E-state index contributed by atoms with van der Waals surface area (Å²) in [6.45, 7) is 0. The fourth-order valence-corrected chi connectivity index (χ4v) is 1.38. The summed E-state index contributed by atoms with van der Waals surface area (Å²) < 4.78 is 0. The summed E-state index contributed by atoms with van der Waals surface area (Å²) in [4.78, 5) is 25.3. The largest absolute Gasteiger partial charge is 0.478 e. The molecule has 2 heterocycles. The molecular formula is C10H8N2O3. The van der Waals surface area contributed by atoms with E-state index in [2.05, 4.69) is 10.3 Å². The Kier molecular flexibility index (Phi) is 2.21. The lowest BCUT2D eigenvalue weighted by Gasteiger charge is -1.97. The van der Waals surface area contributed by atoms with Crippen molar-refractivity contribution in [1.29, 1.82) is 0 Å².